The van der Waals surface area contributed by atoms with Crippen LogP contribution in [0.15, 0.2) is 48.5 Å². The molecule has 1 saturated heterocycles. The Morgan fingerprint density at radius 2 is 1.89 bits per heavy atom. The molecule has 2 aromatic carbocycles. The van der Waals surface area contributed by atoms with Crippen LogP contribution in [0, 0.1) is 0 Å². The summed E-state index contributed by atoms with van der Waals surface area (Å²) in [6.07, 6.45) is 1.88. The summed E-state index contributed by atoms with van der Waals surface area (Å²) in [6, 6.07) is 15.8. The van der Waals surface area contributed by atoms with E-state index in [2.05, 4.69) is 4.90 Å². The normalized spacial score (nSPS) is 17.9. The van der Waals surface area contributed by atoms with Crippen LogP contribution < -0.4 is 9.47 Å². The van der Waals surface area contributed by atoms with Gasteiger partial charge in [-0.15, -0.1) is 0 Å². The Morgan fingerprint density at radius 3 is 2.56 bits per heavy atom. The molecular formula is C22H29NO4. The molecular weight excluding hydrogens is 342 g/mol. The third-order valence-corrected chi connectivity index (χ3v) is 4.96. The van der Waals surface area contributed by atoms with Crippen LogP contribution in [0.1, 0.15) is 30.1 Å². The highest BCUT2D eigenvalue weighted by Crippen LogP contribution is 2.28. The first-order valence-electron chi connectivity index (χ1n) is 9.47. The number of aliphatic hydroxyl groups is 1. The third-order valence-electron chi connectivity index (χ3n) is 4.96. The standard InChI is InChI=1S/C22H29NO4/c1-25-21-11-10-17(13-22(21)26-2)14-23(15-19-9-6-12-27-19)16-20(24)18-7-4-3-5-8-18/h3-5,7-8,10-11,13,19-20,24H,6,9,12,14-16H2,1-2H3/t19-,20+/m0/s1. The minimum atomic E-state index is -0.534. The van der Waals surface area contributed by atoms with E-state index in [0.29, 0.717) is 13.1 Å². The summed E-state index contributed by atoms with van der Waals surface area (Å²) in [5.74, 6) is 1.44. The summed E-state index contributed by atoms with van der Waals surface area (Å²) in [5.41, 5.74) is 2.05. The maximum absolute atomic E-state index is 10.7. The summed E-state index contributed by atoms with van der Waals surface area (Å²) in [4.78, 5) is 2.26. The zero-order valence-electron chi connectivity index (χ0n) is 16.1. The number of benzene rings is 2. The van der Waals surface area contributed by atoms with Crippen molar-refractivity contribution in [2.45, 2.75) is 31.6 Å². The smallest absolute Gasteiger partial charge is 0.161 e. The molecule has 1 aliphatic heterocycles. The topological polar surface area (TPSA) is 51.2 Å². The van der Waals surface area contributed by atoms with Gasteiger partial charge >= 0.3 is 0 Å². The number of hydrogen-bond acceptors (Lipinski definition) is 5. The van der Waals surface area contributed by atoms with Crippen molar-refractivity contribution in [1.29, 1.82) is 0 Å². The molecule has 0 spiro atoms. The number of rotatable bonds is 9. The van der Waals surface area contributed by atoms with Crippen LogP contribution in [0.4, 0.5) is 0 Å². The molecule has 1 fully saturated rings. The van der Waals surface area contributed by atoms with E-state index in [0.717, 1.165) is 48.6 Å². The molecule has 0 amide bonds. The second-order valence-corrected chi connectivity index (χ2v) is 6.94. The van der Waals surface area contributed by atoms with Crippen molar-refractivity contribution in [2.75, 3.05) is 33.9 Å². The highest BCUT2D eigenvalue weighted by Gasteiger charge is 2.22. The Balaban J connectivity index is 1.73. The molecule has 0 radical (unpaired) electrons. The average molecular weight is 371 g/mol. The SMILES string of the molecule is COc1ccc(CN(C[C@@H]2CCCO2)C[C@@H](O)c2ccccc2)cc1OC. The van der Waals surface area contributed by atoms with Crippen molar-refractivity contribution in [1.82, 2.24) is 4.90 Å². The van der Waals surface area contributed by atoms with Crippen molar-refractivity contribution in [3.8, 4) is 11.5 Å². The van der Waals surface area contributed by atoms with Crippen molar-refractivity contribution in [3.63, 3.8) is 0 Å². The van der Waals surface area contributed by atoms with Gasteiger partial charge in [0.25, 0.3) is 0 Å². The molecule has 2 atom stereocenters. The van der Waals surface area contributed by atoms with E-state index in [1.807, 2.05) is 48.5 Å². The number of hydrogen-bond donors (Lipinski definition) is 1. The number of nitrogens with zero attached hydrogens (tertiary/aromatic N) is 1. The number of methoxy groups -OCH3 is 2. The van der Waals surface area contributed by atoms with Gasteiger partial charge in [-0.05, 0) is 36.1 Å². The van der Waals surface area contributed by atoms with Crippen molar-refractivity contribution >= 4 is 0 Å². The van der Waals surface area contributed by atoms with Gasteiger partial charge in [0.1, 0.15) is 0 Å². The van der Waals surface area contributed by atoms with Crippen LogP contribution in [0.25, 0.3) is 0 Å². The molecule has 27 heavy (non-hydrogen) atoms. The first-order chi connectivity index (χ1) is 13.2. The number of aliphatic hydroxyl groups excluding tert-OH is 1. The highest BCUT2D eigenvalue weighted by atomic mass is 16.5. The van der Waals surface area contributed by atoms with Gasteiger partial charge in [0, 0.05) is 26.2 Å². The van der Waals surface area contributed by atoms with Gasteiger partial charge in [0.2, 0.25) is 0 Å². The lowest BCUT2D eigenvalue weighted by Crippen LogP contribution is -2.35. The molecule has 0 aromatic heterocycles. The zero-order chi connectivity index (χ0) is 19.1. The molecule has 3 rings (SSSR count). The second-order valence-electron chi connectivity index (χ2n) is 6.94. The molecule has 2 aromatic rings. The van der Waals surface area contributed by atoms with E-state index in [1.165, 1.54) is 0 Å². The van der Waals surface area contributed by atoms with Gasteiger partial charge in [-0.2, -0.15) is 0 Å². The Hall–Kier alpha value is -2.08. The van der Waals surface area contributed by atoms with E-state index >= 15 is 0 Å². The fourth-order valence-electron chi connectivity index (χ4n) is 3.54. The van der Waals surface area contributed by atoms with Gasteiger partial charge in [-0.1, -0.05) is 36.4 Å². The fourth-order valence-corrected chi connectivity index (χ4v) is 3.54. The Kier molecular flexibility index (Phi) is 7.10. The van der Waals surface area contributed by atoms with Crippen LogP contribution in [0.3, 0.4) is 0 Å². The monoisotopic (exact) mass is 371 g/mol. The van der Waals surface area contributed by atoms with Crippen LogP contribution in [0.5, 0.6) is 11.5 Å². The summed E-state index contributed by atoms with van der Waals surface area (Å²) < 4.78 is 16.6. The molecule has 5 nitrogen and oxygen atoms in total. The summed E-state index contributed by atoms with van der Waals surface area (Å²) in [7, 11) is 3.28. The quantitative estimate of drug-likeness (QED) is 0.732. The first-order valence-corrected chi connectivity index (χ1v) is 9.47. The molecule has 0 saturated carbocycles. The fraction of sp³-hybridized carbons (Fsp3) is 0.455. The summed E-state index contributed by atoms with van der Waals surface area (Å²) >= 11 is 0. The van der Waals surface area contributed by atoms with Gasteiger partial charge in [-0.25, -0.2) is 0 Å². The lowest BCUT2D eigenvalue weighted by Gasteiger charge is -2.28. The Bertz CT molecular complexity index is 701. The van der Waals surface area contributed by atoms with E-state index in [9.17, 15) is 5.11 Å². The van der Waals surface area contributed by atoms with Crippen LogP contribution >= 0.6 is 0 Å². The van der Waals surface area contributed by atoms with E-state index in [4.69, 9.17) is 14.2 Å². The van der Waals surface area contributed by atoms with Gasteiger partial charge < -0.3 is 19.3 Å². The molecule has 1 aliphatic rings. The van der Waals surface area contributed by atoms with Gasteiger partial charge in [0.15, 0.2) is 11.5 Å². The first kappa shape index (κ1) is 19.7. The highest BCUT2D eigenvalue weighted by molar-refractivity contribution is 5.42. The summed E-state index contributed by atoms with van der Waals surface area (Å²) in [5, 5.41) is 10.7. The zero-order valence-corrected chi connectivity index (χ0v) is 16.1. The van der Waals surface area contributed by atoms with Crippen molar-refractivity contribution in [2.24, 2.45) is 0 Å². The lowest BCUT2D eigenvalue weighted by atomic mass is 10.1. The van der Waals surface area contributed by atoms with Crippen molar-refractivity contribution < 1.29 is 19.3 Å². The van der Waals surface area contributed by atoms with Crippen LogP contribution in [0.2, 0.25) is 0 Å². The second kappa shape index (κ2) is 9.74. The molecule has 1 N–H and O–H groups in total. The summed E-state index contributed by atoms with van der Waals surface area (Å²) in [6.45, 7) is 2.90. The lowest BCUT2D eigenvalue weighted by molar-refractivity contribution is 0.0460. The molecule has 5 heteroatoms. The van der Waals surface area contributed by atoms with Crippen molar-refractivity contribution in [3.05, 3.63) is 59.7 Å². The molecule has 0 aliphatic carbocycles. The average Bonchev–Trinajstić information content (AvgIpc) is 3.21. The molecule has 0 bridgehead atoms. The minimum Gasteiger partial charge on any atom is -0.493 e. The maximum atomic E-state index is 10.7. The molecule has 0 unspecified atom stereocenters. The van der Waals surface area contributed by atoms with E-state index < -0.39 is 6.10 Å². The predicted octanol–water partition coefficient (Wildman–Crippen LogP) is 3.42. The third kappa shape index (κ3) is 5.45. The molecule has 146 valence electrons. The Morgan fingerprint density at radius 1 is 1.11 bits per heavy atom. The number of ether oxygens (including phenoxy) is 3. The van der Waals surface area contributed by atoms with E-state index in [1.54, 1.807) is 14.2 Å². The van der Waals surface area contributed by atoms with Gasteiger partial charge in [-0.3, -0.25) is 4.90 Å². The predicted molar refractivity (Wildman–Crippen MR) is 105 cm³/mol. The van der Waals surface area contributed by atoms with E-state index in [-0.39, 0.29) is 6.10 Å². The van der Waals surface area contributed by atoms with Crippen LogP contribution in [-0.4, -0.2) is 50.0 Å². The van der Waals surface area contributed by atoms with Crippen LogP contribution in [-0.2, 0) is 11.3 Å². The minimum absolute atomic E-state index is 0.230. The largest absolute Gasteiger partial charge is 0.493 e. The Labute approximate surface area is 161 Å². The van der Waals surface area contributed by atoms with Gasteiger partial charge in [0.05, 0.1) is 26.4 Å². The molecule has 1 heterocycles. The maximum Gasteiger partial charge on any atom is 0.161 e.